The van der Waals surface area contributed by atoms with Crippen LogP contribution in [0.1, 0.15) is 12.0 Å². The lowest BCUT2D eigenvalue weighted by atomic mass is 10.1. The molecule has 0 saturated carbocycles. The van der Waals surface area contributed by atoms with Crippen molar-refractivity contribution in [2.24, 2.45) is 5.73 Å². The number of hydrogen-bond donors (Lipinski definition) is 3. The van der Waals surface area contributed by atoms with Gasteiger partial charge in [-0.1, -0.05) is 12.1 Å². The number of ether oxygens (including phenoxy) is 1. The lowest BCUT2D eigenvalue weighted by molar-refractivity contribution is -0.116. The summed E-state index contributed by atoms with van der Waals surface area (Å²) in [5, 5.41) is 2.63. The minimum absolute atomic E-state index is 0.152. The van der Waals surface area contributed by atoms with E-state index in [1.165, 1.54) is 0 Å². The number of rotatable bonds is 5. The van der Waals surface area contributed by atoms with Gasteiger partial charge in [0.25, 0.3) is 0 Å². The zero-order chi connectivity index (χ0) is 14.4. The largest absolute Gasteiger partial charge is 0.410 e. The number of carbonyl (C=O) groups is 2. The molecule has 0 atom stereocenters. The number of aromatic amines is 1. The number of benzene rings is 1. The highest BCUT2D eigenvalue weighted by atomic mass is 16.5. The Hall–Kier alpha value is -2.83. The molecule has 1 aromatic carbocycles. The van der Waals surface area contributed by atoms with Crippen molar-refractivity contribution >= 4 is 17.9 Å². The van der Waals surface area contributed by atoms with Gasteiger partial charge in [-0.25, -0.2) is 9.78 Å². The first-order chi connectivity index (χ1) is 9.63. The van der Waals surface area contributed by atoms with Crippen LogP contribution in [0.3, 0.4) is 0 Å². The Morgan fingerprint density at radius 2 is 2.25 bits per heavy atom. The molecular weight excluding hydrogens is 260 g/mol. The van der Waals surface area contributed by atoms with E-state index in [-0.39, 0.29) is 5.91 Å². The molecule has 0 aliphatic rings. The second-order valence-electron chi connectivity index (χ2n) is 4.05. The van der Waals surface area contributed by atoms with E-state index in [0.717, 1.165) is 5.56 Å². The molecular formula is C13H14N4O3. The number of nitrogens with two attached hydrogens (primary N) is 1. The molecule has 2 aromatic rings. The highest BCUT2D eigenvalue weighted by molar-refractivity contribution is 5.89. The summed E-state index contributed by atoms with van der Waals surface area (Å²) in [6, 6.07) is 6.87. The summed E-state index contributed by atoms with van der Waals surface area (Å²) in [5.41, 5.74) is 5.81. The molecule has 0 saturated heterocycles. The van der Waals surface area contributed by atoms with Gasteiger partial charge in [0.15, 0.2) is 0 Å². The van der Waals surface area contributed by atoms with Gasteiger partial charge in [0, 0.05) is 18.8 Å². The number of hydrogen-bond acceptors (Lipinski definition) is 4. The molecule has 0 bridgehead atoms. The van der Waals surface area contributed by atoms with Crippen LogP contribution in [0.5, 0.6) is 5.75 Å². The lowest BCUT2D eigenvalue weighted by Crippen LogP contribution is -2.16. The number of anilines is 1. The molecule has 7 heteroatoms. The number of H-pyrrole nitrogens is 1. The zero-order valence-electron chi connectivity index (χ0n) is 10.6. The number of amides is 2. The molecule has 0 unspecified atom stereocenters. The maximum absolute atomic E-state index is 11.7. The molecule has 1 aromatic heterocycles. The number of nitrogens with one attached hydrogen (secondary N) is 2. The number of imidazole rings is 1. The molecule has 0 aliphatic heterocycles. The van der Waals surface area contributed by atoms with Gasteiger partial charge in [-0.05, 0) is 24.1 Å². The molecule has 20 heavy (non-hydrogen) atoms. The van der Waals surface area contributed by atoms with Crippen LogP contribution in [0, 0.1) is 0 Å². The van der Waals surface area contributed by atoms with Gasteiger partial charge in [-0.15, -0.1) is 0 Å². The lowest BCUT2D eigenvalue weighted by Gasteiger charge is -2.05. The van der Waals surface area contributed by atoms with Crippen LogP contribution in [0.15, 0.2) is 36.7 Å². The van der Waals surface area contributed by atoms with E-state index in [0.29, 0.717) is 24.5 Å². The predicted octanol–water partition coefficient (Wildman–Crippen LogP) is 1.44. The summed E-state index contributed by atoms with van der Waals surface area (Å²) >= 11 is 0. The Bertz CT molecular complexity index is 595. The molecule has 0 spiro atoms. The smallest absolute Gasteiger partial charge is 0.409 e. The first kappa shape index (κ1) is 13.6. The van der Waals surface area contributed by atoms with Crippen LogP contribution in [0.25, 0.3) is 0 Å². The predicted molar refractivity (Wildman–Crippen MR) is 72.2 cm³/mol. The van der Waals surface area contributed by atoms with Crippen molar-refractivity contribution in [3.63, 3.8) is 0 Å². The van der Waals surface area contributed by atoms with E-state index in [2.05, 4.69) is 15.3 Å². The van der Waals surface area contributed by atoms with Crippen LogP contribution in [0.4, 0.5) is 10.7 Å². The fourth-order valence-corrected chi connectivity index (χ4v) is 1.67. The minimum Gasteiger partial charge on any atom is -0.410 e. The van der Waals surface area contributed by atoms with Gasteiger partial charge < -0.3 is 15.5 Å². The average Bonchev–Trinajstić information content (AvgIpc) is 2.89. The molecule has 0 fully saturated rings. The first-order valence-electron chi connectivity index (χ1n) is 5.99. The van der Waals surface area contributed by atoms with Gasteiger partial charge in [-0.2, -0.15) is 0 Å². The molecule has 0 radical (unpaired) electrons. The van der Waals surface area contributed by atoms with Crippen molar-refractivity contribution < 1.29 is 14.3 Å². The van der Waals surface area contributed by atoms with Gasteiger partial charge in [0.05, 0.1) is 0 Å². The Labute approximate surface area is 115 Å². The van der Waals surface area contributed by atoms with Gasteiger partial charge in [0.2, 0.25) is 11.9 Å². The highest BCUT2D eigenvalue weighted by Crippen LogP contribution is 2.14. The Kier molecular flexibility index (Phi) is 4.33. The van der Waals surface area contributed by atoms with Crippen molar-refractivity contribution in [3.05, 3.63) is 42.2 Å². The van der Waals surface area contributed by atoms with E-state index in [1.54, 1.807) is 30.6 Å². The fourth-order valence-electron chi connectivity index (χ4n) is 1.67. The van der Waals surface area contributed by atoms with Gasteiger partial charge in [0.1, 0.15) is 5.75 Å². The van der Waals surface area contributed by atoms with E-state index >= 15 is 0 Å². The minimum atomic E-state index is -0.863. The van der Waals surface area contributed by atoms with Crippen molar-refractivity contribution in [2.75, 3.05) is 5.32 Å². The number of primary amides is 1. The van der Waals surface area contributed by atoms with E-state index in [4.69, 9.17) is 10.5 Å². The number of aryl methyl sites for hydroxylation is 1. The third kappa shape index (κ3) is 4.13. The Balaban J connectivity index is 1.87. The van der Waals surface area contributed by atoms with Crippen LogP contribution in [-0.2, 0) is 11.2 Å². The number of nitrogens with zero attached hydrogens (tertiary/aromatic N) is 1. The molecule has 2 amide bonds. The molecule has 2 rings (SSSR count). The average molecular weight is 274 g/mol. The first-order valence-corrected chi connectivity index (χ1v) is 5.99. The fraction of sp³-hybridized carbons (Fsp3) is 0.154. The monoisotopic (exact) mass is 274 g/mol. The molecule has 4 N–H and O–H groups in total. The summed E-state index contributed by atoms with van der Waals surface area (Å²) in [6.07, 6.45) is 3.13. The molecule has 104 valence electrons. The van der Waals surface area contributed by atoms with Crippen LogP contribution >= 0.6 is 0 Å². The third-order valence-electron chi connectivity index (χ3n) is 2.51. The van der Waals surface area contributed by atoms with Crippen LogP contribution in [-0.4, -0.2) is 22.0 Å². The molecule has 1 heterocycles. The topological polar surface area (TPSA) is 110 Å². The van der Waals surface area contributed by atoms with Crippen molar-refractivity contribution in [2.45, 2.75) is 12.8 Å². The maximum Gasteiger partial charge on any atom is 0.409 e. The standard InChI is InChI=1S/C13H14N4O3/c14-12(19)20-10-3-1-2-9(8-10)4-5-11(18)17-13-15-6-7-16-13/h1-3,6-8H,4-5H2,(H2,14,19)(H2,15,16,17,18). The van der Waals surface area contributed by atoms with Crippen molar-refractivity contribution in [3.8, 4) is 5.75 Å². The summed E-state index contributed by atoms with van der Waals surface area (Å²) in [6.45, 7) is 0. The second-order valence-corrected chi connectivity index (χ2v) is 4.05. The van der Waals surface area contributed by atoms with Crippen LogP contribution < -0.4 is 15.8 Å². The van der Waals surface area contributed by atoms with Gasteiger partial charge >= 0.3 is 6.09 Å². The van der Waals surface area contributed by atoms with E-state index < -0.39 is 6.09 Å². The Morgan fingerprint density at radius 1 is 1.40 bits per heavy atom. The summed E-state index contributed by atoms with van der Waals surface area (Å²) in [5.74, 6) is 0.628. The summed E-state index contributed by atoms with van der Waals surface area (Å²) in [7, 11) is 0. The number of carbonyl (C=O) groups excluding carboxylic acids is 2. The SMILES string of the molecule is NC(=O)Oc1cccc(CCC(=O)Nc2ncc[nH]2)c1. The highest BCUT2D eigenvalue weighted by Gasteiger charge is 2.06. The van der Waals surface area contributed by atoms with E-state index in [1.807, 2.05) is 6.07 Å². The zero-order valence-corrected chi connectivity index (χ0v) is 10.6. The number of aromatic nitrogens is 2. The molecule has 0 aliphatic carbocycles. The van der Waals surface area contributed by atoms with Crippen molar-refractivity contribution in [1.29, 1.82) is 0 Å². The maximum atomic E-state index is 11.7. The second kappa shape index (κ2) is 6.37. The quantitative estimate of drug-likeness (QED) is 0.766. The normalized spacial score (nSPS) is 10.0. The van der Waals surface area contributed by atoms with Crippen LogP contribution in [0.2, 0.25) is 0 Å². The van der Waals surface area contributed by atoms with Crippen molar-refractivity contribution in [1.82, 2.24) is 9.97 Å². The summed E-state index contributed by atoms with van der Waals surface area (Å²) in [4.78, 5) is 29.0. The third-order valence-corrected chi connectivity index (χ3v) is 2.51. The summed E-state index contributed by atoms with van der Waals surface area (Å²) < 4.78 is 4.77. The van der Waals surface area contributed by atoms with E-state index in [9.17, 15) is 9.59 Å². The Morgan fingerprint density at radius 3 is 2.95 bits per heavy atom. The molecule has 7 nitrogen and oxygen atoms in total. The van der Waals surface area contributed by atoms with Gasteiger partial charge in [-0.3, -0.25) is 10.1 Å².